The Balaban J connectivity index is 0.000000310. The van der Waals surface area contributed by atoms with Crippen molar-refractivity contribution in [3.63, 3.8) is 0 Å². The first-order valence-corrected chi connectivity index (χ1v) is 4.94. The summed E-state index contributed by atoms with van der Waals surface area (Å²) in [6, 6.07) is 8.99. The van der Waals surface area contributed by atoms with E-state index in [1.54, 1.807) is 12.1 Å². The standard InChI is InChI=1S/C6H5O2P.C4H10/c7-9-8-6-4-2-1-3-5-6;1-4(2)3/h1-5H;4H,1-3H3. The molecule has 72 valence electrons. The minimum absolute atomic E-state index is 0.305. The van der Waals surface area contributed by atoms with Crippen molar-refractivity contribution in [2.75, 3.05) is 0 Å². The topological polar surface area (TPSA) is 26.3 Å². The van der Waals surface area contributed by atoms with Gasteiger partial charge in [-0.25, -0.2) is 4.57 Å². The molecule has 2 nitrogen and oxygen atoms in total. The second-order valence-electron chi connectivity index (χ2n) is 3.21. The smallest absolute Gasteiger partial charge is 0.395 e. The van der Waals surface area contributed by atoms with Crippen LogP contribution < -0.4 is 4.52 Å². The van der Waals surface area contributed by atoms with Crippen molar-refractivity contribution in [1.82, 2.24) is 0 Å². The van der Waals surface area contributed by atoms with Crippen LogP contribution in [0.1, 0.15) is 20.8 Å². The summed E-state index contributed by atoms with van der Waals surface area (Å²) in [5, 5.41) is 0. The molecule has 1 aromatic carbocycles. The van der Waals surface area contributed by atoms with Crippen molar-refractivity contribution in [3.8, 4) is 5.75 Å². The molecule has 1 rings (SSSR count). The van der Waals surface area contributed by atoms with Crippen LogP contribution in [0.25, 0.3) is 0 Å². The van der Waals surface area contributed by atoms with E-state index in [0.717, 1.165) is 5.92 Å². The summed E-state index contributed by atoms with van der Waals surface area (Å²) in [5.74, 6) is 1.45. The molecular weight excluding hydrogens is 183 g/mol. The third-order valence-electron chi connectivity index (χ3n) is 0.886. The van der Waals surface area contributed by atoms with E-state index in [0.29, 0.717) is 5.75 Å². The van der Waals surface area contributed by atoms with Crippen molar-refractivity contribution < 1.29 is 9.09 Å². The molecule has 0 saturated carbocycles. The molecule has 0 saturated heterocycles. The largest absolute Gasteiger partial charge is 0.408 e. The van der Waals surface area contributed by atoms with Gasteiger partial charge in [-0.1, -0.05) is 39.0 Å². The second kappa shape index (κ2) is 7.75. The summed E-state index contributed by atoms with van der Waals surface area (Å²) in [4.78, 5) is 0. The lowest BCUT2D eigenvalue weighted by atomic mass is 10.3. The molecule has 0 amide bonds. The van der Waals surface area contributed by atoms with Crippen LogP contribution in [0.5, 0.6) is 5.75 Å². The minimum Gasteiger partial charge on any atom is -0.408 e. The first-order valence-electron chi connectivity index (χ1n) is 4.21. The summed E-state index contributed by atoms with van der Waals surface area (Å²) < 4.78 is 14.5. The molecule has 0 aliphatic heterocycles. The van der Waals surface area contributed by atoms with Gasteiger partial charge in [-0.15, -0.1) is 0 Å². The first-order chi connectivity index (χ1) is 6.16. The van der Waals surface area contributed by atoms with Crippen molar-refractivity contribution in [1.29, 1.82) is 0 Å². The molecule has 0 aliphatic carbocycles. The lowest BCUT2D eigenvalue weighted by molar-refractivity contribution is 0.525. The van der Waals surface area contributed by atoms with E-state index in [4.69, 9.17) is 0 Å². The molecule has 0 unspecified atom stereocenters. The molecule has 0 atom stereocenters. The van der Waals surface area contributed by atoms with Gasteiger partial charge in [0.1, 0.15) is 5.75 Å². The summed E-state index contributed by atoms with van der Waals surface area (Å²) in [7, 11) is -0.305. The Morgan fingerprint density at radius 2 is 1.62 bits per heavy atom. The number of para-hydroxylation sites is 1. The molecular formula is C10H15O2P. The minimum atomic E-state index is -0.305. The highest BCUT2D eigenvalue weighted by atomic mass is 31.1. The number of rotatable bonds is 2. The molecule has 0 spiro atoms. The van der Waals surface area contributed by atoms with Crippen molar-refractivity contribution in [3.05, 3.63) is 30.3 Å². The Kier molecular flexibility index (Phi) is 7.23. The lowest BCUT2D eigenvalue weighted by Gasteiger charge is -1.90. The summed E-state index contributed by atoms with van der Waals surface area (Å²) >= 11 is 0. The maximum Gasteiger partial charge on any atom is 0.395 e. The van der Waals surface area contributed by atoms with E-state index >= 15 is 0 Å². The van der Waals surface area contributed by atoms with Gasteiger partial charge in [0.15, 0.2) is 0 Å². The normalized spacial score (nSPS) is 9.23. The Labute approximate surface area is 81.2 Å². The molecule has 0 aliphatic rings. The van der Waals surface area contributed by atoms with Crippen LogP contribution in [-0.4, -0.2) is 0 Å². The number of hydrogen-bond acceptors (Lipinski definition) is 2. The van der Waals surface area contributed by atoms with Gasteiger partial charge in [0, 0.05) is 0 Å². The summed E-state index contributed by atoms with van der Waals surface area (Å²) in [5.41, 5.74) is 0. The maximum absolute atomic E-state index is 9.85. The van der Waals surface area contributed by atoms with Gasteiger partial charge in [-0.3, -0.25) is 0 Å². The molecule has 0 heterocycles. The third-order valence-corrected chi connectivity index (χ3v) is 1.17. The lowest BCUT2D eigenvalue weighted by Crippen LogP contribution is -1.70. The first kappa shape index (κ1) is 12.1. The molecule has 0 bridgehead atoms. The van der Waals surface area contributed by atoms with Crippen LogP contribution in [0.3, 0.4) is 0 Å². The molecule has 3 heteroatoms. The highest BCUT2D eigenvalue weighted by Gasteiger charge is 1.85. The zero-order valence-corrected chi connectivity index (χ0v) is 9.12. The zero-order valence-electron chi connectivity index (χ0n) is 8.23. The van der Waals surface area contributed by atoms with Gasteiger partial charge >= 0.3 is 8.69 Å². The monoisotopic (exact) mass is 198 g/mol. The van der Waals surface area contributed by atoms with Crippen LogP contribution in [0, 0.1) is 5.92 Å². The SMILES string of the molecule is CC(C)C.O=POc1ccccc1. The summed E-state index contributed by atoms with van der Waals surface area (Å²) in [6.07, 6.45) is 0. The Hall–Kier alpha value is -0.880. The molecule has 0 N–H and O–H groups in total. The predicted octanol–water partition coefficient (Wildman–Crippen LogP) is 3.93. The Bertz CT molecular complexity index is 219. The fraction of sp³-hybridized carbons (Fsp3) is 0.400. The van der Waals surface area contributed by atoms with E-state index in [-0.39, 0.29) is 8.69 Å². The molecule has 0 aromatic heterocycles. The van der Waals surface area contributed by atoms with E-state index in [1.165, 1.54) is 0 Å². The fourth-order valence-electron chi connectivity index (χ4n) is 0.524. The van der Waals surface area contributed by atoms with Crippen LogP contribution in [0.15, 0.2) is 30.3 Å². The van der Waals surface area contributed by atoms with E-state index in [9.17, 15) is 4.57 Å². The predicted molar refractivity (Wildman–Crippen MR) is 55.2 cm³/mol. The molecule has 0 fully saturated rings. The number of hydrogen-bond donors (Lipinski definition) is 0. The highest BCUT2D eigenvalue weighted by molar-refractivity contribution is 7.17. The van der Waals surface area contributed by atoms with Gasteiger partial charge in [-0.05, 0) is 18.1 Å². The van der Waals surface area contributed by atoms with Gasteiger partial charge < -0.3 is 4.52 Å². The molecule has 0 radical (unpaired) electrons. The maximum atomic E-state index is 9.85. The number of benzene rings is 1. The fourth-order valence-corrected chi connectivity index (χ4v) is 0.732. The van der Waals surface area contributed by atoms with Crippen LogP contribution in [-0.2, 0) is 4.57 Å². The average molecular weight is 198 g/mol. The Morgan fingerprint density at radius 1 is 1.15 bits per heavy atom. The van der Waals surface area contributed by atoms with Gasteiger partial charge in [0.05, 0.1) is 0 Å². The van der Waals surface area contributed by atoms with Gasteiger partial charge in [-0.2, -0.15) is 0 Å². The van der Waals surface area contributed by atoms with Crippen molar-refractivity contribution in [2.24, 2.45) is 5.92 Å². The average Bonchev–Trinajstić information content (AvgIpc) is 2.06. The van der Waals surface area contributed by atoms with Gasteiger partial charge in [0.2, 0.25) is 0 Å². The van der Waals surface area contributed by atoms with Crippen molar-refractivity contribution in [2.45, 2.75) is 20.8 Å². The van der Waals surface area contributed by atoms with Crippen molar-refractivity contribution >= 4 is 8.69 Å². The third kappa shape index (κ3) is 9.03. The van der Waals surface area contributed by atoms with Crippen LogP contribution in [0.2, 0.25) is 0 Å². The van der Waals surface area contributed by atoms with Crippen LogP contribution >= 0.6 is 8.69 Å². The van der Waals surface area contributed by atoms with Crippen LogP contribution in [0.4, 0.5) is 0 Å². The quantitative estimate of drug-likeness (QED) is 0.673. The van der Waals surface area contributed by atoms with E-state index < -0.39 is 0 Å². The van der Waals surface area contributed by atoms with E-state index in [2.05, 4.69) is 25.3 Å². The molecule has 1 aromatic rings. The molecule has 13 heavy (non-hydrogen) atoms. The van der Waals surface area contributed by atoms with Gasteiger partial charge in [0.25, 0.3) is 0 Å². The zero-order chi connectivity index (χ0) is 10.1. The Morgan fingerprint density at radius 3 is 2.00 bits per heavy atom. The second-order valence-corrected chi connectivity index (χ2v) is 3.54. The summed E-state index contributed by atoms with van der Waals surface area (Å²) in [6.45, 7) is 6.50. The van der Waals surface area contributed by atoms with E-state index in [1.807, 2.05) is 18.2 Å². The highest BCUT2D eigenvalue weighted by Crippen LogP contribution is 2.12.